The highest BCUT2D eigenvalue weighted by Crippen LogP contribution is 2.29. The number of carbonyl (C=O) groups is 1. The van der Waals surface area contributed by atoms with Crippen LogP contribution in [-0.2, 0) is 4.74 Å². The lowest BCUT2D eigenvalue weighted by Gasteiger charge is -2.19. The quantitative estimate of drug-likeness (QED) is 0.852. The second-order valence-electron chi connectivity index (χ2n) is 6.14. The average molecular weight is 302 g/mol. The third-order valence-electron chi connectivity index (χ3n) is 3.18. The maximum Gasteiger partial charge on any atom is 0.355 e. The summed E-state index contributed by atoms with van der Waals surface area (Å²) in [5.74, 6) is 0.179. The van der Waals surface area contributed by atoms with Crippen LogP contribution in [0.3, 0.4) is 0 Å². The van der Waals surface area contributed by atoms with Crippen LogP contribution in [0.15, 0.2) is 12.3 Å². The molecule has 0 spiro atoms. The minimum Gasteiger partial charge on any atom is -0.455 e. The first-order chi connectivity index (χ1) is 10.2. The third kappa shape index (κ3) is 3.27. The fourth-order valence-corrected chi connectivity index (χ4v) is 2.29. The Balaban J connectivity index is 2.45. The van der Waals surface area contributed by atoms with Crippen molar-refractivity contribution in [1.82, 2.24) is 15.0 Å². The van der Waals surface area contributed by atoms with Crippen molar-refractivity contribution >= 4 is 11.9 Å². The number of carbonyl (C=O) groups excluding carboxylic acids is 1. The largest absolute Gasteiger partial charge is 0.455 e. The van der Waals surface area contributed by atoms with E-state index in [1.807, 2.05) is 40.7 Å². The molecule has 0 aliphatic heterocycles. The molecule has 0 atom stereocenters. The third-order valence-corrected chi connectivity index (χ3v) is 3.18. The van der Waals surface area contributed by atoms with Crippen LogP contribution in [0.25, 0.3) is 11.3 Å². The maximum absolute atomic E-state index is 12.3. The minimum absolute atomic E-state index is 0.359. The Labute approximate surface area is 130 Å². The number of aromatic nitrogens is 3. The molecule has 0 unspecified atom stereocenters. The van der Waals surface area contributed by atoms with Crippen molar-refractivity contribution in [1.29, 1.82) is 0 Å². The summed E-state index contributed by atoms with van der Waals surface area (Å²) in [7, 11) is 1.77. The smallest absolute Gasteiger partial charge is 0.355 e. The van der Waals surface area contributed by atoms with Gasteiger partial charge in [0.05, 0.1) is 5.69 Å². The molecule has 0 aliphatic rings. The molecule has 0 radical (unpaired) electrons. The number of aromatic amines is 1. The van der Waals surface area contributed by atoms with Crippen LogP contribution in [0, 0.1) is 13.8 Å². The predicted molar refractivity (Wildman–Crippen MR) is 86.0 cm³/mol. The molecule has 0 aromatic carbocycles. The van der Waals surface area contributed by atoms with Crippen LogP contribution in [0.5, 0.6) is 0 Å². The van der Waals surface area contributed by atoms with E-state index in [2.05, 4.69) is 20.3 Å². The van der Waals surface area contributed by atoms with Gasteiger partial charge in [-0.05, 0) is 46.2 Å². The average Bonchev–Trinajstić information content (AvgIpc) is 2.72. The van der Waals surface area contributed by atoms with Crippen LogP contribution in [0.2, 0.25) is 0 Å². The van der Waals surface area contributed by atoms with Gasteiger partial charge in [0, 0.05) is 24.5 Å². The lowest BCUT2D eigenvalue weighted by molar-refractivity contribution is 0.00627. The molecule has 0 aliphatic carbocycles. The number of esters is 1. The van der Waals surface area contributed by atoms with Crippen LogP contribution in [0.1, 0.15) is 42.5 Å². The molecule has 0 bridgehead atoms. The molecule has 2 heterocycles. The zero-order valence-corrected chi connectivity index (χ0v) is 13.9. The van der Waals surface area contributed by atoms with Crippen molar-refractivity contribution in [3.05, 3.63) is 29.2 Å². The molecule has 6 heteroatoms. The maximum atomic E-state index is 12.3. The monoisotopic (exact) mass is 302 g/mol. The van der Waals surface area contributed by atoms with Gasteiger partial charge in [0.15, 0.2) is 0 Å². The number of rotatable bonds is 3. The van der Waals surface area contributed by atoms with Gasteiger partial charge < -0.3 is 15.0 Å². The van der Waals surface area contributed by atoms with E-state index in [9.17, 15) is 4.79 Å². The molecule has 0 fully saturated rings. The second kappa shape index (κ2) is 5.79. The van der Waals surface area contributed by atoms with E-state index >= 15 is 0 Å². The van der Waals surface area contributed by atoms with E-state index in [0.717, 1.165) is 22.5 Å². The Morgan fingerprint density at radius 2 is 2.00 bits per heavy atom. The van der Waals surface area contributed by atoms with E-state index in [4.69, 9.17) is 4.74 Å². The summed E-state index contributed by atoms with van der Waals surface area (Å²) in [5.41, 5.74) is 3.30. The fourth-order valence-electron chi connectivity index (χ4n) is 2.29. The van der Waals surface area contributed by atoms with Crippen molar-refractivity contribution < 1.29 is 9.53 Å². The highest BCUT2D eigenvalue weighted by molar-refractivity contribution is 5.92. The lowest BCUT2D eigenvalue weighted by atomic mass is 10.1. The zero-order valence-electron chi connectivity index (χ0n) is 13.9. The molecule has 6 nitrogen and oxygen atoms in total. The van der Waals surface area contributed by atoms with E-state index < -0.39 is 5.60 Å². The second-order valence-corrected chi connectivity index (χ2v) is 6.14. The number of hydrogen-bond acceptors (Lipinski definition) is 5. The zero-order chi connectivity index (χ0) is 16.5. The molecule has 118 valence electrons. The topological polar surface area (TPSA) is 79.9 Å². The minimum atomic E-state index is -0.531. The number of ether oxygens (including phenoxy) is 1. The van der Waals surface area contributed by atoms with E-state index in [0.29, 0.717) is 11.6 Å². The van der Waals surface area contributed by atoms with Gasteiger partial charge in [0.1, 0.15) is 11.3 Å². The standard InChI is InChI=1S/C16H22N4O2/c1-9-12(11-7-8-18-15(17-6)20-11)10(2)19-13(9)14(21)22-16(3,4)5/h7-8,19H,1-6H3,(H,17,18,20). The van der Waals surface area contributed by atoms with Crippen LogP contribution in [-0.4, -0.2) is 33.6 Å². The summed E-state index contributed by atoms with van der Waals surface area (Å²) >= 11 is 0. The van der Waals surface area contributed by atoms with Crippen LogP contribution in [0.4, 0.5) is 5.95 Å². The summed E-state index contributed by atoms with van der Waals surface area (Å²) in [6, 6.07) is 1.82. The van der Waals surface area contributed by atoms with Gasteiger partial charge >= 0.3 is 5.97 Å². The van der Waals surface area contributed by atoms with Gasteiger partial charge in [0.2, 0.25) is 5.95 Å². The first-order valence-electron chi connectivity index (χ1n) is 7.16. The molecule has 0 saturated heterocycles. The number of nitrogens with zero attached hydrogens (tertiary/aromatic N) is 2. The summed E-state index contributed by atoms with van der Waals surface area (Å²) in [6.45, 7) is 9.35. The van der Waals surface area contributed by atoms with E-state index in [-0.39, 0.29) is 5.97 Å². The molecule has 2 N–H and O–H groups in total. The number of H-pyrrole nitrogens is 1. The van der Waals surface area contributed by atoms with E-state index in [1.54, 1.807) is 13.2 Å². The molecular formula is C16H22N4O2. The Bertz CT molecular complexity index is 699. The number of nitrogens with one attached hydrogen (secondary N) is 2. The van der Waals surface area contributed by atoms with Crippen LogP contribution >= 0.6 is 0 Å². The van der Waals surface area contributed by atoms with Gasteiger partial charge in [-0.15, -0.1) is 0 Å². The van der Waals surface area contributed by atoms with Gasteiger partial charge in [-0.2, -0.15) is 0 Å². The summed E-state index contributed by atoms with van der Waals surface area (Å²) < 4.78 is 5.44. The Morgan fingerprint density at radius 1 is 1.32 bits per heavy atom. The summed E-state index contributed by atoms with van der Waals surface area (Å²) in [4.78, 5) is 24.0. The molecule has 2 rings (SSSR count). The van der Waals surface area contributed by atoms with Gasteiger partial charge in [-0.1, -0.05) is 0 Å². The van der Waals surface area contributed by atoms with Gasteiger partial charge in [0.25, 0.3) is 0 Å². The van der Waals surface area contributed by atoms with Crippen LogP contribution < -0.4 is 5.32 Å². The van der Waals surface area contributed by atoms with Crippen molar-refractivity contribution in [3.63, 3.8) is 0 Å². The number of aryl methyl sites for hydroxylation is 1. The van der Waals surface area contributed by atoms with Crippen molar-refractivity contribution in [2.24, 2.45) is 0 Å². The Kier molecular flexibility index (Phi) is 4.21. The van der Waals surface area contributed by atoms with Gasteiger partial charge in [-0.25, -0.2) is 14.8 Å². The summed E-state index contributed by atoms with van der Waals surface area (Å²) in [6.07, 6.45) is 1.69. The Morgan fingerprint density at radius 3 is 2.59 bits per heavy atom. The number of hydrogen-bond donors (Lipinski definition) is 2. The predicted octanol–water partition coefficient (Wildman–Crippen LogP) is 3.09. The molecular weight excluding hydrogens is 280 g/mol. The molecule has 0 amide bonds. The Hall–Kier alpha value is -2.37. The number of anilines is 1. The van der Waals surface area contributed by atoms with Gasteiger partial charge in [-0.3, -0.25) is 0 Å². The van der Waals surface area contributed by atoms with Crippen molar-refractivity contribution in [2.75, 3.05) is 12.4 Å². The molecule has 22 heavy (non-hydrogen) atoms. The first-order valence-corrected chi connectivity index (χ1v) is 7.16. The molecule has 2 aromatic heterocycles. The lowest BCUT2D eigenvalue weighted by Crippen LogP contribution is -2.24. The SMILES string of the molecule is CNc1nccc(-c2c(C)[nH]c(C(=O)OC(C)(C)C)c2C)n1. The highest BCUT2D eigenvalue weighted by atomic mass is 16.6. The normalized spacial score (nSPS) is 11.4. The van der Waals surface area contributed by atoms with Crippen molar-refractivity contribution in [3.8, 4) is 11.3 Å². The molecule has 2 aromatic rings. The summed E-state index contributed by atoms with van der Waals surface area (Å²) in [5, 5.41) is 2.91. The van der Waals surface area contributed by atoms with Crippen molar-refractivity contribution in [2.45, 2.75) is 40.2 Å². The first kappa shape index (κ1) is 16.0. The van der Waals surface area contributed by atoms with E-state index in [1.165, 1.54) is 0 Å². The molecule has 0 saturated carbocycles. The fraction of sp³-hybridized carbons (Fsp3) is 0.438. The highest BCUT2D eigenvalue weighted by Gasteiger charge is 2.24.